The average molecular weight is 536 g/mol. The number of benzene rings is 3. The minimum Gasteiger partial charge on any atom is -0.352 e. The molecule has 8 heteroatoms. The van der Waals surface area contributed by atoms with Crippen LogP contribution in [0, 0.1) is 5.82 Å². The van der Waals surface area contributed by atoms with Crippen LogP contribution in [0.4, 0.5) is 4.39 Å². The molecule has 0 radical (unpaired) electrons. The lowest BCUT2D eigenvalue weighted by atomic mass is 10.0. The number of carbonyl (C=O) groups excluding carboxylic acids is 2. The minimum absolute atomic E-state index is 0.0317. The monoisotopic (exact) mass is 534 g/mol. The van der Waals surface area contributed by atoms with Gasteiger partial charge in [0.25, 0.3) is 0 Å². The van der Waals surface area contributed by atoms with E-state index in [4.69, 9.17) is 34.8 Å². The van der Waals surface area contributed by atoms with Gasteiger partial charge < -0.3 is 10.2 Å². The Kier molecular flexibility index (Phi) is 9.55. The van der Waals surface area contributed by atoms with Crippen LogP contribution in [0.25, 0.3) is 0 Å². The van der Waals surface area contributed by atoms with Crippen molar-refractivity contribution in [2.75, 3.05) is 0 Å². The van der Waals surface area contributed by atoms with Gasteiger partial charge in [-0.3, -0.25) is 9.59 Å². The van der Waals surface area contributed by atoms with E-state index in [1.54, 1.807) is 18.2 Å². The van der Waals surface area contributed by atoms with Gasteiger partial charge in [-0.2, -0.15) is 0 Å². The van der Waals surface area contributed by atoms with E-state index in [0.717, 1.165) is 5.56 Å². The molecule has 1 atom stereocenters. The van der Waals surface area contributed by atoms with Gasteiger partial charge in [0.2, 0.25) is 11.8 Å². The molecule has 3 rings (SSSR count). The van der Waals surface area contributed by atoms with E-state index in [1.165, 1.54) is 23.1 Å². The first-order chi connectivity index (χ1) is 16.7. The second-order valence-electron chi connectivity index (χ2n) is 8.50. The molecule has 3 aromatic carbocycles. The summed E-state index contributed by atoms with van der Waals surface area (Å²) in [6.07, 6.45) is -0.0433. The smallest absolute Gasteiger partial charge is 0.243 e. The van der Waals surface area contributed by atoms with Crippen molar-refractivity contribution in [3.63, 3.8) is 0 Å². The molecule has 3 aromatic rings. The summed E-state index contributed by atoms with van der Waals surface area (Å²) in [4.78, 5) is 28.5. The molecule has 0 saturated carbocycles. The molecule has 0 saturated heterocycles. The Bertz CT molecular complexity index is 1170. The number of halogens is 4. The van der Waals surface area contributed by atoms with Crippen LogP contribution in [0.2, 0.25) is 15.1 Å². The van der Waals surface area contributed by atoms with Gasteiger partial charge in [0.05, 0.1) is 6.42 Å². The maximum Gasteiger partial charge on any atom is 0.243 e. The number of hydrogen-bond donors (Lipinski definition) is 1. The SMILES string of the molecule is CC(C)NC(=O)[C@@H](Cc1ccccc1)N(Cc1ccc(Cl)cc1Cl)C(=O)Cc1c(F)cccc1Cl. The number of amides is 2. The molecule has 0 bridgehead atoms. The lowest BCUT2D eigenvalue weighted by molar-refractivity contribution is -0.141. The fourth-order valence-corrected chi connectivity index (χ4v) is 4.42. The Morgan fingerprint density at radius 3 is 2.29 bits per heavy atom. The second kappa shape index (κ2) is 12.4. The predicted molar refractivity (Wildman–Crippen MR) is 139 cm³/mol. The Morgan fingerprint density at radius 1 is 0.943 bits per heavy atom. The average Bonchev–Trinajstić information content (AvgIpc) is 2.80. The van der Waals surface area contributed by atoms with E-state index in [-0.39, 0.29) is 41.9 Å². The lowest BCUT2D eigenvalue weighted by Crippen LogP contribution is -2.52. The molecule has 0 unspecified atom stereocenters. The van der Waals surface area contributed by atoms with E-state index in [2.05, 4.69) is 5.32 Å². The third-order valence-electron chi connectivity index (χ3n) is 5.45. The summed E-state index contributed by atoms with van der Waals surface area (Å²) in [7, 11) is 0. The molecule has 184 valence electrons. The molecule has 4 nitrogen and oxygen atoms in total. The van der Waals surface area contributed by atoms with Crippen molar-refractivity contribution < 1.29 is 14.0 Å². The van der Waals surface area contributed by atoms with Crippen molar-refractivity contribution in [3.8, 4) is 0 Å². The van der Waals surface area contributed by atoms with Crippen molar-refractivity contribution in [2.24, 2.45) is 0 Å². The van der Waals surface area contributed by atoms with Crippen LogP contribution in [0.1, 0.15) is 30.5 Å². The molecule has 0 heterocycles. The van der Waals surface area contributed by atoms with Crippen LogP contribution in [0.3, 0.4) is 0 Å². The van der Waals surface area contributed by atoms with Gasteiger partial charge in [-0.1, -0.05) is 77.3 Å². The molecule has 1 N–H and O–H groups in total. The maximum absolute atomic E-state index is 14.5. The summed E-state index contributed by atoms with van der Waals surface area (Å²) in [6.45, 7) is 3.72. The maximum atomic E-state index is 14.5. The Morgan fingerprint density at radius 2 is 1.66 bits per heavy atom. The van der Waals surface area contributed by atoms with Crippen LogP contribution in [-0.2, 0) is 29.0 Å². The summed E-state index contributed by atoms with van der Waals surface area (Å²) in [5.74, 6) is -1.36. The van der Waals surface area contributed by atoms with Crippen molar-refractivity contribution in [2.45, 2.75) is 45.3 Å². The van der Waals surface area contributed by atoms with Crippen molar-refractivity contribution in [3.05, 3.63) is 104 Å². The van der Waals surface area contributed by atoms with Crippen molar-refractivity contribution in [1.29, 1.82) is 0 Å². The summed E-state index contributed by atoms with van der Waals surface area (Å²) in [6, 6.07) is 17.6. The summed E-state index contributed by atoms with van der Waals surface area (Å²) >= 11 is 18.7. The van der Waals surface area contributed by atoms with Crippen LogP contribution >= 0.6 is 34.8 Å². The summed E-state index contributed by atoms with van der Waals surface area (Å²) in [5.41, 5.74) is 1.56. The zero-order chi connectivity index (χ0) is 25.5. The van der Waals surface area contributed by atoms with Gasteiger partial charge in [-0.25, -0.2) is 4.39 Å². The number of hydrogen-bond acceptors (Lipinski definition) is 2. The zero-order valence-electron chi connectivity index (χ0n) is 19.4. The van der Waals surface area contributed by atoms with E-state index >= 15 is 0 Å². The fourth-order valence-electron chi connectivity index (χ4n) is 3.72. The largest absolute Gasteiger partial charge is 0.352 e. The highest BCUT2D eigenvalue weighted by Gasteiger charge is 2.32. The topological polar surface area (TPSA) is 49.4 Å². The first-order valence-corrected chi connectivity index (χ1v) is 12.3. The minimum atomic E-state index is -0.871. The quantitative estimate of drug-likeness (QED) is 0.340. The van der Waals surface area contributed by atoms with E-state index in [9.17, 15) is 14.0 Å². The summed E-state index contributed by atoms with van der Waals surface area (Å²) < 4.78 is 14.5. The van der Waals surface area contributed by atoms with Gasteiger partial charge >= 0.3 is 0 Å². The molecule has 2 amide bonds. The predicted octanol–water partition coefficient (Wildman–Crippen LogP) is 6.49. The molecule has 0 aliphatic carbocycles. The Hall–Kier alpha value is -2.60. The van der Waals surface area contributed by atoms with Gasteiger partial charge in [0, 0.05) is 39.6 Å². The number of nitrogens with zero attached hydrogens (tertiary/aromatic N) is 1. The zero-order valence-corrected chi connectivity index (χ0v) is 21.7. The third-order valence-corrected chi connectivity index (χ3v) is 6.39. The Balaban J connectivity index is 2.04. The van der Waals surface area contributed by atoms with E-state index in [0.29, 0.717) is 15.6 Å². The molecule has 0 aliphatic rings. The molecule has 0 spiro atoms. The van der Waals surface area contributed by atoms with E-state index < -0.39 is 17.8 Å². The highest BCUT2D eigenvalue weighted by molar-refractivity contribution is 6.35. The number of carbonyl (C=O) groups is 2. The lowest BCUT2D eigenvalue weighted by Gasteiger charge is -2.32. The number of rotatable bonds is 9. The van der Waals surface area contributed by atoms with Gasteiger partial charge in [0.1, 0.15) is 11.9 Å². The van der Waals surface area contributed by atoms with Crippen LogP contribution in [-0.4, -0.2) is 28.8 Å². The molecule has 0 fully saturated rings. The van der Waals surface area contributed by atoms with Crippen LogP contribution in [0.15, 0.2) is 66.7 Å². The molecular formula is C27H26Cl3FN2O2. The molecular weight excluding hydrogens is 510 g/mol. The van der Waals surface area contributed by atoms with Crippen LogP contribution < -0.4 is 5.32 Å². The first-order valence-electron chi connectivity index (χ1n) is 11.2. The third kappa shape index (κ3) is 7.44. The Labute approximate surface area is 220 Å². The fraction of sp³-hybridized carbons (Fsp3) is 0.259. The molecule has 0 aromatic heterocycles. The van der Waals surface area contributed by atoms with Crippen molar-refractivity contribution >= 4 is 46.6 Å². The van der Waals surface area contributed by atoms with Gasteiger partial charge in [-0.05, 0) is 49.2 Å². The van der Waals surface area contributed by atoms with Gasteiger partial charge in [0.15, 0.2) is 0 Å². The van der Waals surface area contributed by atoms with Gasteiger partial charge in [-0.15, -0.1) is 0 Å². The van der Waals surface area contributed by atoms with E-state index in [1.807, 2.05) is 44.2 Å². The summed E-state index contributed by atoms with van der Waals surface area (Å²) in [5, 5.41) is 3.87. The number of nitrogens with one attached hydrogen (secondary N) is 1. The standard InChI is InChI=1S/C27H26Cl3FN2O2/c1-17(2)32-27(35)25(13-18-7-4-3-5-8-18)33(16-19-11-12-20(28)14-23(19)30)26(34)15-21-22(29)9-6-10-24(21)31/h3-12,14,17,25H,13,15-16H2,1-2H3,(H,32,35)/t25-/m1/s1. The molecule has 35 heavy (non-hydrogen) atoms. The van der Waals surface area contributed by atoms with Crippen molar-refractivity contribution in [1.82, 2.24) is 10.2 Å². The highest BCUT2D eigenvalue weighted by Crippen LogP contribution is 2.26. The highest BCUT2D eigenvalue weighted by atomic mass is 35.5. The molecule has 0 aliphatic heterocycles. The normalized spacial score (nSPS) is 11.9. The first kappa shape index (κ1) is 27.0. The second-order valence-corrected chi connectivity index (χ2v) is 9.75. The van der Waals surface area contributed by atoms with Crippen LogP contribution in [0.5, 0.6) is 0 Å².